The second kappa shape index (κ2) is 6.21. The Morgan fingerprint density at radius 3 is 2.56 bits per heavy atom. The van der Waals surface area contributed by atoms with E-state index < -0.39 is 0 Å². The van der Waals surface area contributed by atoms with E-state index in [9.17, 15) is 0 Å². The van der Waals surface area contributed by atoms with Gasteiger partial charge in [-0.05, 0) is 12.3 Å². The molecule has 1 aromatic rings. The van der Waals surface area contributed by atoms with Gasteiger partial charge >= 0.3 is 0 Å². The molecule has 0 saturated heterocycles. The highest BCUT2D eigenvalue weighted by Gasteiger charge is 2.14. The topological polar surface area (TPSA) is 42.2 Å². The van der Waals surface area contributed by atoms with Crippen molar-refractivity contribution in [2.75, 3.05) is 18.5 Å². The molecule has 0 aliphatic heterocycles. The smallest absolute Gasteiger partial charge is 0.185 e. The molecule has 1 rings (SSSR count). The monoisotopic (exact) mass is 241 g/mol. The third-order valence-corrected chi connectivity index (χ3v) is 3.83. The zero-order valence-electron chi connectivity index (χ0n) is 10.8. The van der Waals surface area contributed by atoms with Crippen molar-refractivity contribution in [1.82, 2.24) is 4.98 Å². The lowest BCUT2D eigenvalue weighted by Crippen LogP contribution is -2.18. The normalized spacial score (nSPS) is 11.1. The van der Waals surface area contributed by atoms with Gasteiger partial charge in [0.25, 0.3) is 0 Å². The molecule has 0 atom stereocenters. The second-order valence-corrected chi connectivity index (χ2v) is 5.50. The Kier molecular flexibility index (Phi) is 5.22. The minimum atomic E-state index is 0.461. The Bertz CT molecular complexity index is 320. The summed E-state index contributed by atoms with van der Waals surface area (Å²) in [4.78, 5) is 8.16. The summed E-state index contributed by atoms with van der Waals surface area (Å²) in [7, 11) is 2.11. The van der Waals surface area contributed by atoms with Crippen LogP contribution in [0.15, 0.2) is 0 Å². The molecule has 0 bridgehead atoms. The summed E-state index contributed by atoms with van der Waals surface area (Å²) in [5.41, 5.74) is 6.93. The van der Waals surface area contributed by atoms with Crippen molar-refractivity contribution < 1.29 is 0 Å². The molecule has 16 heavy (non-hydrogen) atoms. The number of aromatic nitrogens is 1. The van der Waals surface area contributed by atoms with E-state index >= 15 is 0 Å². The lowest BCUT2D eigenvalue weighted by atomic mass is 10.1. The summed E-state index contributed by atoms with van der Waals surface area (Å²) in [5, 5.41) is 1.11. The number of unbranched alkanes of at least 4 members (excludes halogenated alkanes) is 1. The molecule has 2 N–H and O–H groups in total. The maximum absolute atomic E-state index is 5.75. The summed E-state index contributed by atoms with van der Waals surface area (Å²) in [5.74, 6) is 0.461. The zero-order valence-corrected chi connectivity index (χ0v) is 11.6. The standard InChI is InChI=1S/C12H23N3S/c1-5-6-7-15(4)12-14-11(9(2)3)10(8-13)16-12/h9H,5-8,13H2,1-4H3. The fourth-order valence-corrected chi connectivity index (χ4v) is 2.68. The van der Waals surface area contributed by atoms with Crippen molar-refractivity contribution in [1.29, 1.82) is 0 Å². The number of nitrogens with two attached hydrogens (primary N) is 1. The quantitative estimate of drug-likeness (QED) is 0.832. The number of anilines is 1. The summed E-state index contributed by atoms with van der Waals surface area (Å²) in [6.07, 6.45) is 2.43. The molecule has 1 heterocycles. The predicted octanol–water partition coefficient (Wildman–Crippen LogP) is 2.96. The van der Waals surface area contributed by atoms with Crippen LogP contribution in [0.3, 0.4) is 0 Å². The van der Waals surface area contributed by atoms with Gasteiger partial charge in [-0.1, -0.05) is 27.2 Å². The van der Waals surface area contributed by atoms with E-state index in [1.54, 1.807) is 11.3 Å². The Labute approximate surface area is 103 Å². The summed E-state index contributed by atoms with van der Waals surface area (Å²) < 4.78 is 0. The summed E-state index contributed by atoms with van der Waals surface area (Å²) in [6, 6.07) is 0. The van der Waals surface area contributed by atoms with E-state index in [0.717, 1.165) is 11.7 Å². The molecular weight excluding hydrogens is 218 g/mol. The molecule has 0 aliphatic carbocycles. The number of hydrogen-bond donors (Lipinski definition) is 1. The minimum absolute atomic E-state index is 0.461. The molecule has 4 heteroatoms. The minimum Gasteiger partial charge on any atom is -0.351 e. The Morgan fingerprint density at radius 1 is 1.44 bits per heavy atom. The molecule has 0 radical (unpaired) electrons. The maximum Gasteiger partial charge on any atom is 0.185 e. The SMILES string of the molecule is CCCCN(C)c1nc(C(C)C)c(CN)s1. The Morgan fingerprint density at radius 2 is 2.12 bits per heavy atom. The molecule has 0 spiro atoms. The van der Waals surface area contributed by atoms with Gasteiger partial charge < -0.3 is 10.6 Å². The van der Waals surface area contributed by atoms with Gasteiger partial charge in [0.15, 0.2) is 5.13 Å². The highest BCUT2D eigenvalue weighted by molar-refractivity contribution is 7.15. The first kappa shape index (κ1) is 13.5. The summed E-state index contributed by atoms with van der Waals surface area (Å²) in [6.45, 7) is 8.23. The van der Waals surface area contributed by atoms with Gasteiger partial charge in [0.1, 0.15) is 0 Å². The highest BCUT2D eigenvalue weighted by atomic mass is 32.1. The van der Waals surface area contributed by atoms with E-state index in [0.29, 0.717) is 12.5 Å². The average molecular weight is 241 g/mol. The molecule has 92 valence electrons. The molecule has 3 nitrogen and oxygen atoms in total. The fraction of sp³-hybridized carbons (Fsp3) is 0.750. The van der Waals surface area contributed by atoms with E-state index in [1.807, 2.05) is 0 Å². The first-order chi connectivity index (χ1) is 7.60. The van der Waals surface area contributed by atoms with Gasteiger partial charge in [0, 0.05) is 25.0 Å². The number of nitrogens with zero attached hydrogens (tertiary/aromatic N) is 2. The number of hydrogen-bond acceptors (Lipinski definition) is 4. The second-order valence-electron chi connectivity index (χ2n) is 4.44. The van der Waals surface area contributed by atoms with Crippen LogP contribution in [0.2, 0.25) is 0 Å². The van der Waals surface area contributed by atoms with Crippen LogP contribution in [-0.4, -0.2) is 18.6 Å². The van der Waals surface area contributed by atoms with Gasteiger partial charge in [0.05, 0.1) is 5.69 Å². The average Bonchev–Trinajstić information content (AvgIpc) is 2.69. The molecule has 1 aromatic heterocycles. The molecule has 0 aliphatic rings. The number of rotatable bonds is 6. The maximum atomic E-state index is 5.75. The van der Waals surface area contributed by atoms with Gasteiger partial charge in [-0.25, -0.2) is 4.98 Å². The van der Waals surface area contributed by atoms with E-state index in [4.69, 9.17) is 10.7 Å². The van der Waals surface area contributed by atoms with Crippen LogP contribution in [0.25, 0.3) is 0 Å². The highest BCUT2D eigenvalue weighted by Crippen LogP contribution is 2.29. The van der Waals surface area contributed by atoms with Crippen molar-refractivity contribution in [3.05, 3.63) is 10.6 Å². The van der Waals surface area contributed by atoms with Crippen molar-refractivity contribution >= 4 is 16.5 Å². The third-order valence-electron chi connectivity index (χ3n) is 2.62. The Hall–Kier alpha value is -0.610. The van der Waals surface area contributed by atoms with Crippen LogP contribution >= 0.6 is 11.3 Å². The van der Waals surface area contributed by atoms with Crippen LogP contribution in [0.5, 0.6) is 0 Å². The third kappa shape index (κ3) is 3.19. The fourth-order valence-electron chi connectivity index (χ4n) is 1.60. The van der Waals surface area contributed by atoms with E-state index in [1.165, 1.54) is 23.4 Å². The van der Waals surface area contributed by atoms with E-state index in [-0.39, 0.29) is 0 Å². The lowest BCUT2D eigenvalue weighted by Gasteiger charge is -2.14. The molecule has 0 fully saturated rings. The number of thiazole rings is 1. The van der Waals surface area contributed by atoms with Gasteiger partial charge in [-0.2, -0.15) is 0 Å². The molecule has 0 unspecified atom stereocenters. The van der Waals surface area contributed by atoms with Gasteiger partial charge in [-0.15, -0.1) is 11.3 Å². The molecule has 0 amide bonds. The molecule has 0 saturated carbocycles. The van der Waals surface area contributed by atoms with Crippen molar-refractivity contribution in [2.45, 2.75) is 46.1 Å². The van der Waals surface area contributed by atoms with Crippen LogP contribution in [0.1, 0.15) is 50.1 Å². The van der Waals surface area contributed by atoms with Gasteiger partial charge in [-0.3, -0.25) is 0 Å². The predicted molar refractivity (Wildman–Crippen MR) is 72.3 cm³/mol. The van der Waals surface area contributed by atoms with Crippen molar-refractivity contribution in [3.63, 3.8) is 0 Å². The largest absolute Gasteiger partial charge is 0.351 e. The molecule has 0 aromatic carbocycles. The van der Waals surface area contributed by atoms with Gasteiger partial charge in [0.2, 0.25) is 0 Å². The van der Waals surface area contributed by atoms with Crippen LogP contribution < -0.4 is 10.6 Å². The van der Waals surface area contributed by atoms with Crippen molar-refractivity contribution in [3.8, 4) is 0 Å². The first-order valence-electron chi connectivity index (χ1n) is 6.00. The van der Waals surface area contributed by atoms with Crippen LogP contribution in [-0.2, 0) is 6.54 Å². The lowest BCUT2D eigenvalue weighted by molar-refractivity contribution is 0.757. The van der Waals surface area contributed by atoms with Crippen molar-refractivity contribution in [2.24, 2.45) is 5.73 Å². The molecular formula is C12H23N3S. The summed E-state index contributed by atoms with van der Waals surface area (Å²) >= 11 is 1.74. The Balaban J connectivity index is 2.81. The van der Waals surface area contributed by atoms with Crippen LogP contribution in [0.4, 0.5) is 5.13 Å². The van der Waals surface area contributed by atoms with Crippen LogP contribution in [0, 0.1) is 0 Å². The zero-order chi connectivity index (χ0) is 12.1. The first-order valence-corrected chi connectivity index (χ1v) is 6.82. The van der Waals surface area contributed by atoms with E-state index in [2.05, 4.69) is 32.7 Å².